The summed E-state index contributed by atoms with van der Waals surface area (Å²) in [5.41, 5.74) is 1.53. The minimum atomic E-state index is -0.236. The van der Waals surface area contributed by atoms with E-state index in [1.807, 2.05) is 46.1 Å². The lowest BCUT2D eigenvalue weighted by molar-refractivity contribution is 0.0998. The van der Waals surface area contributed by atoms with Crippen LogP contribution in [0.2, 0.25) is 0 Å². The number of benzene rings is 1. The normalized spacial score (nSPS) is 11.8. The van der Waals surface area contributed by atoms with Crippen molar-refractivity contribution in [2.24, 2.45) is 12.0 Å². The summed E-state index contributed by atoms with van der Waals surface area (Å²) in [4.78, 5) is 20.9. The molecule has 0 unspecified atom stereocenters. The molecule has 3 aromatic rings. The number of hydrogen-bond donors (Lipinski definition) is 0. The van der Waals surface area contributed by atoms with E-state index in [1.54, 1.807) is 24.7 Å². The summed E-state index contributed by atoms with van der Waals surface area (Å²) in [6.45, 7) is 0. The van der Waals surface area contributed by atoms with Crippen molar-refractivity contribution >= 4 is 17.2 Å². The van der Waals surface area contributed by atoms with Crippen molar-refractivity contribution in [1.82, 2.24) is 14.1 Å². The molecule has 100 valence electrons. The number of thiazole rings is 1. The van der Waals surface area contributed by atoms with Gasteiger partial charge < -0.3 is 9.13 Å². The van der Waals surface area contributed by atoms with Gasteiger partial charge in [-0.05, 0) is 24.3 Å². The molecule has 0 bridgehead atoms. The highest BCUT2D eigenvalue weighted by atomic mass is 32.1. The molecule has 0 saturated heterocycles. The molecule has 2 aromatic heterocycles. The van der Waals surface area contributed by atoms with Gasteiger partial charge in [-0.25, -0.2) is 4.98 Å². The van der Waals surface area contributed by atoms with Crippen molar-refractivity contribution in [2.45, 2.75) is 0 Å². The van der Waals surface area contributed by atoms with E-state index in [-0.39, 0.29) is 5.91 Å². The van der Waals surface area contributed by atoms with Gasteiger partial charge in [0.15, 0.2) is 4.80 Å². The zero-order valence-electron chi connectivity index (χ0n) is 10.8. The number of nitrogens with zero attached hydrogens (tertiary/aromatic N) is 4. The van der Waals surface area contributed by atoms with Gasteiger partial charge in [0.25, 0.3) is 5.91 Å². The molecule has 6 heteroatoms. The summed E-state index contributed by atoms with van der Waals surface area (Å²) in [5.74, 6) is -0.236. The zero-order valence-corrected chi connectivity index (χ0v) is 11.6. The molecule has 1 amide bonds. The molecule has 0 atom stereocenters. The fourth-order valence-corrected chi connectivity index (χ4v) is 2.50. The topological polar surface area (TPSA) is 52.2 Å². The van der Waals surface area contributed by atoms with E-state index in [9.17, 15) is 4.79 Å². The van der Waals surface area contributed by atoms with Crippen LogP contribution in [0.1, 0.15) is 10.4 Å². The maximum atomic E-state index is 12.1. The Labute approximate surface area is 119 Å². The van der Waals surface area contributed by atoms with E-state index in [4.69, 9.17) is 0 Å². The van der Waals surface area contributed by atoms with E-state index in [0.29, 0.717) is 10.4 Å². The van der Waals surface area contributed by atoms with Gasteiger partial charge in [-0.3, -0.25) is 4.79 Å². The van der Waals surface area contributed by atoms with Gasteiger partial charge in [-0.1, -0.05) is 0 Å². The van der Waals surface area contributed by atoms with Crippen molar-refractivity contribution in [1.29, 1.82) is 0 Å². The second-order valence-corrected chi connectivity index (χ2v) is 5.10. The van der Waals surface area contributed by atoms with Crippen LogP contribution < -0.4 is 4.80 Å². The first-order valence-electron chi connectivity index (χ1n) is 6.01. The summed E-state index contributed by atoms with van der Waals surface area (Å²) in [6.07, 6.45) is 7.16. The highest BCUT2D eigenvalue weighted by Crippen LogP contribution is 2.10. The van der Waals surface area contributed by atoms with Crippen LogP contribution in [0.5, 0.6) is 0 Å². The molecule has 0 saturated carbocycles. The van der Waals surface area contributed by atoms with Crippen LogP contribution in [0.25, 0.3) is 5.69 Å². The number of hydrogen-bond acceptors (Lipinski definition) is 3. The van der Waals surface area contributed by atoms with Gasteiger partial charge in [-0.2, -0.15) is 4.99 Å². The Morgan fingerprint density at radius 2 is 2.05 bits per heavy atom. The minimum absolute atomic E-state index is 0.236. The van der Waals surface area contributed by atoms with Crippen LogP contribution >= 0.6 is 11.3 Å². The second-order valence-electron chi connectivity index (χ2n) is 4.23. The largest absolute Gasteiger partial charge is 0.327 e. The van der Waals surface area contributed by atoms with Crippen molar-refractivity contribution in [3.8, 4) is 5.69 Å². The second kappa shape index (κ2) is 5.26. The highest BCUT2D eigenvalue weighted by Gasteiger charge is 2.05. The van der Waals surface area contributed by atoms with Gasteiger partial charge in [0.1, 0.15) is 0 Å². The van der Waals surface area contributed by atoms with Crippen molar-refractivity contribution in [3.05, 3.63) is 64.9 Å². The van der Waals surface area contributed by atoms with E-state index in [0.717, 1.165) is 5.69 Å². The van der Waals surface area contributed by atoms with E-state index in [2.05, 4.69) is 9.98 Å². The SMILES string of the molecule is Cn1ccsc1=NC(=O)c1ccc(-n2ccnc2)cc1. The predicted molar refractivity (Wildman–Crippen MR) is 76.7 cm³/mol. The summed E-state index contributed by atoms with van der Waals surface area (Å²) in [6, 6.07) is 7.29. The molecule has 0 aliphatic carbocycles. The molecule has 5 nitrogen and oxygen atoms in total. The van der Waals surface area contributed by atoms with Crippen molar-refractivity contribution in [3.63, 3.8) is 0 Å². The number of carbonyl (C=O) groups excluding carboxylic acids is 1. The van der Waals surface area contributed by atoms with Crippen LogP contribution in [-0.4, -0.2) is 20.0 Å². The highest BCUT2D eigenvalue weighted by molar-refractivity contribution is 7.07. The average Bonchev–Trinajstić information content (AvgIpc) is 3.12. The minimum Gasteiger partial charge on any atom is -0.327 e. The van der Waals surface area contributed by atoms with Crippen LogP contribution in [0.4, 0.5) is 0 Å². The first-order valence-corrected chi connectivity index (χ1v) is 6.89. The quantitative estimate of drug-likeness (QED) is 0.723. The lowest BCUT2D eigenvalue weighted by atomic mass is 10.2. The van der Waals surface area contributed by atoms with Crippen LogP contribution in [0.15, 0.2) is 59.6 Å². The van der Waals surface area contributed by atoms with Gasteiger partial charge in [0.2, 0.25) is 0 Å². The number of carbonyl (C=O) groups is 1. The predicted octanol–water partition coefficient (Wildman–Crippen LogP) is 2.01. The lowest BCUT2D eigenvalue weighted by Gasteiger charge is -2.02. The smallest absolute Gasteiger partial charge is 0.279 e. The third-order valence-corrected chi connectivity index (χ3v) is 3.72. The monoisotopic (exact) mass is 284 g/mol. The molecule has 20 heavy (non-hydrogen) atoms. The summed E-state index contributed by atoms with van der Waals surface area (Å²) >= 11 is 1.44. The molecular weight excluding hydrogens is 272 g/mol. The Kier molecular flexibility index (Phi) is 3.30. The molecule has 0 aliphatic heterocycles. The zero-order chi connectivity index (χ0) is 13.9. The summed E-state index contributed by atoms with van der Waals surface area (Å²) in [7, 11) is 1.87. The van der Waals surface area contributed by atoms with Crippen LogP contribution in [0.3, 0.4) is 0 Å². The molecule has 0 aliphatic rings. The maximum Gasteiger partial charge on any atom is 0.279 e. The van der Waals surface area contributed by atoms with E-state index < -0.39 is 0 Å². The first kappa shape index (κ1) is 12.6. The maximum absolute atomic E-state index is 12.1. The Morgan fingerprint density at radius 1 is 1.25 bits per heavy atom. The van der Waals surface area contributed by atoms with E-state index >= 15 is 0 Å². The average molecular weight is 284 g/mol. The molecule has 0 radical (unpaired) electrons. The number of aromatic nitrogens is 3. The van der Waals surface area contributed by atoms with Gasteiger partial charge in [0.05, 0.1) is 6.33 Å². The van der Waals surface area contributed by atoms with Gasteiger partial charge >= 0.3 is 0 Å². The van der Waals surface area contributed by atoms with Gasteiger partial charge in [-0.15, -0.1) is 11.3 Å². The van der Waals surface area contributed by atoms with Crippen LogP contribution in [0, 0.1) is 0 Å². The third kappa shape index (κ3) is 2.46. The Hall–Kier alpha value is -2.47. The number of imidazole rings is 1. The fourth-order valence-electron chi connectivity index (χ4n) is 1.77. The van der Waals surface area contributed by atoms with Crippen molar-refractivity contribution < 1.29 is 4.79 Å². The first-order chi connectivity index (χ1) is 9.74. The van der Waals surface area contributed by atoms with Crippen molar-refractivity contribution in [2.75, 3.05) is 0 Å². The Morgan fingerprint density at radius 3 is 2.65 bits per heavy atom. The molecule has 1 aromatic carbocycles. The van der Waals surface area contributed by atoms with Crippen LogP contribution in [-0.2, 0) is 7.05 Å². The Bertz CT molecular complexity index is 781. The molecule has 0 N–H and O–H groups in total. The molecule has 0 spiro atoms. The molecule has 2 heterocycles. The standard InChI is InChI=1S/C14H12N4OS/c1-17-8-9-20-14(17)16-13(19)11-2-4-12(5-3-11)18-7-6-15-10-18/h2-10H,1H3. The molecular formula is C14H12N4OS. The molecule has 0 fully saturated rings. The summed E-state index contributed by atoms with van der Waals surface area (Å²) in [5, 5.41) is 1.90. The fraction of sp³-hybridized carbons (Fsp3) is 0.0714. The number of amides is 1. The Balaban J connectivity index is 1.89. The number of rotatable bonds is 2. The van der Waals surface area contributed by atoms with E-state index in [1.165, 1.54) is 11.3 Å². The molecule has 3 rings (SSSR count). The number of aryl methyl sites for hydroxylation is 1. The lowest BCUT2D eigenvalue weighted by Crippen LogP contribution is -2.12. The third-order valence-electron chi connectivity index (χ3n) is 2.87. The summed E-state index contributed by atoms with van der Waals surface area (Å²) < 4.78 is 3.70. The van der Waals surface area contributed by atoms with Gasteiger partial charge in [0, 0.05) is 42.3 Å².